The molecule has 3 aliphatic rings. The number of likely N-dealkylation sites (tertiary alicyclic amines) is 2. The van der Waals surface area contributed by atoms with Crippen LogP contribution in [-0.4, -0.2) is 74.0 Å². The number of nitrogens with zero attached hydrogens (tertiary/aromatic N) is 4. The Morgan fingerprint density at radius 1 is 1.03 bits per heavy atom. The number of imidazole rings is 1. The number of hydrogen-bond donors (Lipinski definition) is 2. The fourth-order valence-corrected chi connectivity index (χ4v) is 6.24. The van der Waals surface area contributed by atoms with Gasteiger partial charge in [-0.2, -0.15) is 0 Å². The largest absolute Gasteiger partial charge is 0.465 e. The zero-order valence-electron chi connectivity index (χ0n) is 20.5. The fraction of sp³-hybridized carbons (Fsp3) is 0.593. The number of H-pyrrole nitrogens is 1. The van der Waals surface area contributed by atoms with E-state index in [2.05, 4.69) is 14.9 Å². The van der Waals surface area contributed by atoms with Crippen molar-refractivity contribution in [3.8, 4) is 0 Å². The first kappa shape index (κ1) is 23.9. The van der Waals surface area contributed by atoms with E-state index in [-0.39, 0.29) is 24.4 Å². The smallest absolute Gasteiger partial charge is 0.408 e. The maximum Gasteiger partial charge on any atom is 0.408 e. The van der Waals surface area contributed by atoms with E-state index in [0.29, 0.717) is 11.4 Å². The van der Waals surface area contributed by atoms with Gasteiger partial charge in [0.2, 0.25) is 0 Å². The van der Waals surface area contributed by atoms with Gasteiger partial charge in [0.15, 0.2) is 0 Å². The standard InChI is InChI=1S/C27H37N5O3/c33-25(22-8-6-21(7-9-22)18-32(26(34)35)19-24-28-13-14-29-24)31-17-12-27(20-31)10-15-30(16-11-27)23-4-2-1-3-5-23/h6-9,13-14,23H,1-5,10-12,15-20H2,(H,28,29)(H,34,35). The van der Waals surface area contributed by atoms with Crippen molar-refractivity contribution in [3.05, 3.63) is 53.6 Å². The van der Waals surface area contributed by atoms with Crippen LogP contribution in [0.3, 0.4) is 0 Å². The Morgan fingerprint density at radius 3 is 2.40 bits per heavy atom. The van der Waals surface area contributed by atoms with Crippen LogP contribution in [0.1, 0.15) is 73.1 Å². The monoisotopic (exact) mass is 479 g/mol. The summed E-state index contributed by atoms with van der Waals surface area (Å²) in [5.74, 6) is 0.695. The zero-order chi connectivity index (χ0) is 24.3. The molecule has 3 fully saturated rings. The van der Waals surface area contributed by atoms with E-state index in [1.165, 1.54) is 62.9 Å². The van der Waals surface area contributed by atoms with Gasteiger partial charge in [0.1, 0.15) is 5.82 Å². The molecule has 188 valence electrons. The second-order valence-electron chi connectivity index (χ2n) is 10.7. The predicted octanol–water partition coefficient (Wildman–Crippen LogP) is 4.35. The molecular formula is C27H37N5O3. The minimum atomic E-state index is -1.00. The van der Waals surface area contributed by atoms with Gasteiger partial charge in [0, 0.05) is 43.6 Å². The van der Waals surface area contributed by atoms with Gasteiger partial charge in [0.25, 0.3) is 5.91 Å². The number of benzene rings is 1. The van der Waals surface area contributed by atoms with Gasteiger partial charge in [-0.25, -0.2) is 9.78 Å². The van der Waals surface area contributed by atoms with Gasteiger partial charge in [0.05, 0.1) is 6.54 Å². The van der Waals surface area contributed by atoms with E-state index in [9.17, 15) is 14.7 Å². The number of aromatic nitrogens is 2. The van der Waals surface area contributed by atoms with Crippen molar-refractivity contribution < 1.29 is 14.7 Å². The van der Waals surface area contributed by atoms with Gasteiger partial charge < -0.3 is 19.9 Å². The van der Waals surface area contributed by atoms with Gasteiger partial charge in [-0.05, 0) is 68.3 Å². The molecule has 1 saturated carbocycles. The van der Waals surface area contributed by atoms with Crippen molar-refractivity contribution >= 4 is 12.0 Å². The van der Waals surface area contributed by atoms with Crippen LogP contribution in [0, 0.1) is 5.41 Å². The molecule has 2 aliphatic heterocycles. The van der Waals surface area contributed by atoms with Crippen LogP contribution in [-0.2, 0) is 13.1 Å². The highest BCUT2D eigenvalue weighted by atomic mass is 16.4. The number of amides is 2. The Morgan fingerprint density at radius 2 is 1.74 bits per heavy atom. The maximum atomic E-state index is 13.2. The Balaban J connectivity index is 1.15. The Hall–Kier alpha value is -2.87. The Kier molecular flexibility index (Phi) is 7.09. The molecule has 1 aromatic carbocycles. The lowest BCUT2D eigenvalue weighted by Crippen LogP contribution is -2.47. The van der Waals surface area contributed by atoms with Crippen molar-refractivity contribution in [2.24, 2.45) is 5.41 Å². The number of rotatable bonds is 6. The van der Waals surface area contributed by atoms with E-state index in [0.717, 1.165) is 31.1 Å². The predicted molar refractivity (Wildman–Crippen MR) is 133 cm³/mol. The number of nitrogens with one attached hydrogen (secondary N) is 1. The number of hydrogen-bond acceptors (Lipinski definition) is 4. The first-order valence-corrected chi connectivity index (χ1v) is 13.1. The Labute approximate surface area is 207 Å². The third kappa shape index (κ3) is 5.53. The van der Waals surface area contributed by atoms with Crippen molar-refractivity contribution in [2.45, 2.75) is 70.5 Å². The summed E-state index contributed by atoms with van der Waals surface area (Å²) in [7, 11) is 0. The highest BCUT2D eigenvalue weighted by Crippen LogP contribution is 2.42. The SMILES string of the molecule is O=C(O)N(Cc1ccc(C(=O)N2CCC3(CCN(C4CCCCC4)CC3)C2)cc1)Cc1ncc[nH]1. The molecule has 8 heteroatoms. The summed E-state index contributed by atoms with van der Waals surface area (Å²) in [5.41, 5.74) is 1.82. The van der Waals surface area contributed by atoms with Crippen LogP contribution in [0.15, 0.2) is 36.7 Å². The van der Waals surface area contributed by atoms with Crippen LogP contribution in [0.4, 0.5) is 4.79 Å². The number of carboxylic acid groups (broad SMARTS) is 1. The summed E-state index contributed by atoms with van der Waals surface area (Å²) < 4.78 is 0. The molecule has 2 saturated heterocycles. The van der Waals surface area contributed by atoms with Crippen LogP contribution in [0.25, 0.3) is 0 Å². The molecule has 0 atom stereocenters. The van der Waals surface area contributed by atoms with Crippen LogP contribution >= 0.6 is 0 Å². The molecule has 1 aliphatic carbocycles. The molecule has 3 heterocycles. The zero-order valence-corrected chi connectivity index (χ0v) is 20.5. The molecule has 1 spiro atoms. The summed E-state index contributed by atoms with van der Waals surface area (Å²) >= 11 is 0. The number of carbonyl (C=O) groups excluding carboxylic acids is 1. The van der Waals surface area contributed by atoms with E-state index in [4.69, 9.17) is 0 Å². The van der Waals surface area contributed by atoms with Crippen molar-refractivity contribution in [3.63, 3.8) is 0 Å². The molecule has 35 heavy (non-hydrogen) atoms. The van der Waals surface area contributed by atoms with Crippen LogP contribution < -0.4 is 0 Å². The number of aromatic amines is 1. The highest BCUT2D eigenvalue weighted by Gasteiger charge is 2.43. The molecule has 8 nitrogen and oxygen atoms in total. The molecule has 2 amide bonds. The molecule has 0 unspecified atom stereocenters. The lowest BCUT2D eigenvalue weighted by atomic mass is 9.77. The molecule has 5 rings (SSSR count). The summed E-state index contributed by atoms with van der Waals surface area (Å²) in [5, 5.41) is 9.55. The van der Waals surface area contributed by atoms with E-state index in [1.807, 2.05) is 29.2 Å². The quantitative estimate of drug-likeness (QED) is 0.643. The first-order valence-electron chi connectivity index (χ1n) is 13.1. The summed E-state index contributed by atoms with van der Waals surface area (Å²) in [6.07, 6.45) is 12.7. The fourth-order valence-electron chi connectivity index (χ4n) is 6.24. The third-order valence-electron chi connectivity index (χ3n) is 8.42. The van der Waals surface area contributed by atoms with E-state index < -0.39 is 6.09 Å². The lowest BCUT2D eigenvalue weighted by molar-refractivity contribution is 0.0565. The number of carbonyl (C=O) groups is 2. The second kappa shape index (κ2) is 10.4. The lowest BCUT2D eigenvalue weighted by Gasteiger charge is -2.43. The highest BCUT2D eigenvalue weighted by molar-refractivity contribution is 5.94. The van der Waals surface area contributed by atoms with Crippen molar-refractivity contribution in [1.29, 1.82) is 0 Å². The van der Waals surface area contributed by atoms with Gasteiger partial charge in [-0.3, -0.25) is 9.69 Å². The molecule has 1 aromatic heterocycles. The van der Waals surface area contributed by atoms with E-state index in [1.54, 1.807) is 12.4 Å². The summed E-state index contributed by atoms with van der Waals surface area (Å²) in [4.78, 5) is 38.0. The minimum Gasteiger partial charge on any atom is -0.465 e. The van der Waals surface area contributed by atoms with Crippen molar-refractivity contribution in [2.75, 3.05) is 26.2 Å². The molecular weight excluding hydrogens is 442 g/mol. The van der Waals surface area contributed by atoms with E-state index >= 15 is 0 Å². The van der Waals surface area contributed by atoms with Crippen molar-refractivity contribution in [1.82, 2.24) is 24.7 Å². The molecule has 0 radical (unpaired) electrons. The third-order valence-corrected chi connectivity index (χ3v) is 8.42. The number of piperidine rings is 1. The van der Waals surface area contributed by atoms with Gasteiger partial charge in [-0.15, -0.1) is 0 Å². The average Bonchev–Trinajstić information content (AvgIpc) is 3.55. The summed E-state index contributed by atoms with van der Waals surface area (Å²) in [6, 6.07) is 8.18. The second-order valence-corrected chi connectivity index (χ2v) is 10.7. The first-order chi connectivity index (χ1) is 17.0. The van der Waals surface area contributed by atoms with Crippen LogP contribution in [0.5, 0.6) is 0 Å². The maximum absolute atomic E-state index is 13.2. The molecule has 2 aromatic rings. The molecule has 2 N–H and O–H groups in total. The Bertz CT molecular complexity index is 992. The van der Waals surface area contributed by atoms with Gasteiger partial charge in [-0.1, -0.05) is 31.4 Å². The summed E-state index contributed by atoms with van der Waals surface area (Å²) in [6.45, 7) is 4.49. The van der Waals surface area contributed by atoms with Gasteiger partial charge >= 0.3 is 6.09 Å². The normalized spacial score (nSPS) is 20.9. The minimum absolute atomic E-state index is 0.0915. The van der Waals surface area contributed by atoms with Crippen LogP contribution in [0.2, 0.25) is 0 Å². The topological polar surface area (TPSA) is 92.8 Å². The average molecular weight is 480 g/mol. The molecule has 0 bridgehead atoms.